The molecule has 2 nitrogen and oxygen atoms in total. The minimum absolute atomic E-state index is 0.866. The van der Waals surface area contributed by atoms with Crippen LogP contribution in [-0.2, 0) is 0 Å². The maximum Gasteiger partial charge on any atom is 0.142 e. The van der Waals surface area contributed by atoms with Crippen LogP contribution < -0.4 is 4.90 Å². The van der Waals surface area contributed by atoms with Crippen LogP contribution in [0.4, 0.5) is 17.1 Å². The van der Waals surface area contributed by atoms with Crippen molar-refractivity contribution >= 4 is 98.1 Å². The van der Waals surface area contributed by atoms with Gasteiger partial charge in [0.05, 0.1) is 5.69 Å². The number of fused-ring (bicyclic) bond motifs is 9. The Labute approximate surface area is 305 Å². The van der Waals surface area contributed by atoms with Crippen LogP contribution in [0.25, 0.3) is 80.9 Å². The molecular weight excluding hydrogens is 651 g/mol. The first kappa shape index (κ1) is 30.4. The Kier molecular flexibility index (Phi) is 7.09. The van der Waals surface area contributed by atoms with E-state index in [1.54, 1.807) is 0 Å². The van der Waals surface area contributed by atoms with E-state index in [4.69, 9.17) is 4.42 Å². The lowest BCUT2D eigenvalue weighted by atomic mass is 9.96. The minimum atomic E-state index is 0.866. The highest BCUT2D eigenvalue weighted by Gasteiger charge is 2.22. The number of aryl methyl sites for hydroxylation is 1. The first-order valence-electron chi connectivity index (χ1n) is 17.6. The summed E-state index contributed by atoms with van der Waals surface area (Å²) in [5, 5.41) is 9.62. The Hall–Kier alpha value is -6.42. The third-order valence-electron chi connectivity index (χ3n) is 10.3. The summed E-state index contributed by atoms with van der Waals surface area (Å²) >= 11 is 1.87. The maximum atomic E-state index is 6.61. The summed E-state index contributed by atoms with van der Waals surface area (Å²) in [5.74, 6) is 0. The third-order valence-corrected chi connectivity index (χ3v) is 11.5. The second-order valence-corrected chi connectivity index (χ2v) is 14.4. The van der Waals surface area contributed by atoms with Crippen LogP contribution in [0.3, 0.4) is 0 Å². The molecule has 0 saturated carbocycles. The van der Waals surface area contributed by atoms with Crippen molar-refractivity contribution in [2.45, 2.75) is 6.92 Å². The van der Waals surface area contributed by atoms with Crippen LogP contribution in [0, 0.1) is 6.92 Å². The topological polar surface area (TPSA) is 16.4 Å². The molecule has 0 radical (unpaired) electrons. The van der Waals surface area contributed by atoms with Gasteiger partial charge in [0.25, 0.3) is 0 Å². The lowest BCUT2D eigenvalue weighted by Gasteiger charge is -2.28. The number of hydrogen-bond acceptors (Lipinski definition) is 3. The Morgan fingerprint density at radius 3 is 2.19 bits per heavy atom. The van der Waals surface area contributed by atoms with E-state index in [-0.39, 0.29) is 0 Å². The number of hydrogen-bond donors (Lipinski definition) is 0. The number of rotatable bonds is 6. The predicted octanol–water partition coefficient (Wildman–Crippen LogP) is 14.9. The van der Waals surface area contributed by atoms with Gasteiger partial charge in [-0.05, 0) is 76.9 Å². The van der Waals surface area contributed by atoms with E-state index in [0.29, 0.717) is 0 Å². The van der Waals surface area contributed by atoms with Crippen LogP contribution in [0.15, 0.2) is 175 Å². The summed E-state index contributed by atoms with van der Waals surface area (Å²) in [5.41, 5.74) is 9.70. The van der Waals surface area contributed by atoms with E-state index in [2.05, 4.69) is 176 Å². The molecular formula is C49H33NOS. The van der Waals surface area contributed by atoms with Crippen molar-refractivity contribution in [3.05, 3.63) is 182 Å². The molecule has 246 valence electrons. The molecule has 0 aliphatic heterocycles. The van der Waals surface area contributed by atoms with E-state index < -0.39 is 0 Å². The number of thiophene rings is 1. The zero-order valence-corrected chi connectivity index (χ0v) is 29.5. The monoisotopic (exact) mass is 683 g/mol. The highest BCUT2D eigenvalue weighted by Crippen LogP contribution is 2.48. The summed E-state index contributed by atoms with van der Waals surface area (Å²) in [7, 11) is 0. The van der Waals surface area contributed by atoms with Gasteiger partial charge in [0.15, 0.2) is 0 Å². The number of benzene rings is 8. The van der Waals surface area contributed by atoms with Crippen molar-refractivity contribution in [1.82, 2.24) is 0 Å². The average Bonchev–Trinajstić information content (AvgIpc) is 3.76. The van der Waals surface area contributed by atoms with Gasteiger partial charge in [0.2, 0.25) is 0 Å². The number of allylic oxidation sites excluding steroid dienone is 2. The highest BCUT2D eigenvalue weighted by atomic mass is 32.1. The normalized spacial score (nSPS) is 11.9. The van der Waals surface area contributed by atoms with E-state index >= 15 is 0 Å². The van der Waals surface area contributed by atoms with Crippen molar-refractivity contribution in [3.63, 3.8) is 0 Å². The molecule has 0 spiro atoms. The predicted molar refractivity (Wildman–Crippen MR) is 226 cm³/mol. The molecule has 0 amide bonds. The zero-order valence-electron chi connectivity index (χ0n) is 28.6. The van der Waals surface area contributed by atoms with Crippen LogP contribution >= 0.6 is 11.3 Å². The van der Waals surface area contributed by atoms with Crippen LogP contribution in [0.1, 0.15) is 11.1 Å². The Morgan fingerprint density at radius 2 is 1.35 bits per heavy atom. The second-order valence-electron chi connectivity index (χ2n) is 13.4. The standard InChI is InChI=1S/C49H33NOS/c1-3-4-17-36-31(2)23-25-40-43-28-34(24-26-46(43)51-48(36)40)50(35-27-33-16-8-9-18-37(33)42(29-35)32-14-6-5-7-15-32)45-30-44-39-20-12-13-22-47(39)52-49(44)41-21-11-10-19-38(41)45/h3-30H,1H2,2H3/b17-4-. The quantitative estimate of drug-likeness (QED) is 0.162. The fourth-order valence-corrected chi connectivity index (χ4v) is 9.10. The van der Waals surface area contributed by atoms with E-state index in [1.165, 1.54) is 58.4 Å². The Bertz CT molecular complexity index is 3050. The molecule has 0 atom stereocenters. The summed E-state index contributed by atoms with van der Waals surface area (Å²) in [4.78, 5) is 2.46. The molecule has 0 fully saturated rings. The second kappa shape index (κ2) is 12.1. The van der Waals surface area contributed by atoms with Gasteiger partial charge in [0.1, 0.15) is 11.2 Å². The smallest absolute Gasteiger partial charge is 0.142 e. The van der Waals surface area contributed by atoms with E-state index in [9.17, 15) is 0 Å². The molecule has 52 heavy (non-hydrogen) atoms. The van der Waals surface area contributed by atoms with Gasteiger partial charge in [-0.2, -0.15) is 0 Å². The molecule has 3 heteroatoms. The van der Waals surface area contributed by atoms with Gasteiger partial charge in [0, 0.05) is 58.7 Å². The molecule has 0 bridgehead atoms. The Balaban J connectivity index is 1.31. The molecule has 0 unspecified atom stereocenters. The first-order chi connectivity index (χ1) is 25.7. The van der Waals surface area contributed by atoms with Gasteiger partial charge >= 0.3 is 0 Å². The van der Waals surface area contributed by atoms with Gasteiger partial charge in [-0.3, -0.25) is 0 Å². The molecule has 0 aliphatic rings. The average molecular weight is 684 g/mol. The summed E-state index contributed by atoms with van der Waals surface area (Å²) < 4.78 is 9.22. The fraction of sp³-hybridized carbons (Fsp3) is 0.0204. The summed E-state index contributed by atoms with van der Waals surface area (Å²) in [6, 6.07) is 55.2. The maximum absolute atomic E-state index is 6.61. The molecule has 2 heterocycles. The molecule has 0 saturated heterocycles. The largest absolute Gasteiger partial charge is 0.455 e. The van der Waals surface area contributed by atoms with Crippen molar-refractivity contribution in [1.29, 1.82) is 0 Å². The fourth-order valence-electron chi connectivity index (χ4n) is 7.88. The summed E-state index contributed by atoms with van der Waals surface area (Å²) in [6.07, 6.45) is 5.87. The minimum Gasteiger partial charge on any atom is -0.455 e. The first-order valence-corrected chi connectivity index (χ1v) is 18.4. The van der Waals surface area contributed by atoms with Crippen molar-refractivity contribution in [2.24, 2.45) is 0 Å². The van der Waals surface area contributed by atoms with Crippen LogP contribution in [0.5, 0.6) is 0 Å². The summed E-state index contributed by atoms with van der Waals surface area (Å²) in [6.45, 7) is 6.02. The number of nitrogens with zero attached hydrogens (tertiary/aromatic N) is 1. The van der Waals surface area contributed by atoms with Crippen molar-refractivity contribution < 1.29 is 4.42 Å². The zero-order chi connectivity index (χ0) is 34.8. The molecule has 10 aromatic rings. The van der Waals surface area contributed by atoms with Crippen molar-refractivity contribution in [3.8, 4) is 11.1 Å². The third kappa shape index (κ3) is 4.78. The van der Waals surface area contributed by atoms with E-state index in [1.807, 2.05) is 23.5 Å². The van der Waals surface area contributed by atoms with Crippen LogP contribution in [-0.4, -0.2) is 0 Å². The van der Waals surface area contributed by atoms with Gasteiger partial charge < -0.3 is 9.32 Å². The molecule has 0 N–H and O–H groups in total. The van der Waals surface area contributed by atoms with Crippen LogP contribution in [0.2, 0.25) is 0 Å². The number of furan rings is 1. The van der Waals surface area contributed by atoms with Gasteiger partial charge in [-0.15, -0.1) is 11.3 Å². The van der Waals surface area contributed by atoms with E-state index in [0.717, 1.165) is 44.6 Å². The Morgan fingerprint density at radius 1 is 0.596 bits per heavy atom. The van der Waals surface area contributed by atoms with Gasteiger partial charge in [-0.1, -0.05) is 134 Å². The van der Waals surface area contributed by atoms with Gasteiger partial charge in [-0.25, -0.2) is 0 Å². The number of anilines is 3. The molecule has 8 aromatic carbocycles. The molecule has 2 aromatic heterocycles. The SMILES string of the molecule is C=C/C=C\c1c(C)ccc2c1oc1ccc(N(c3cc(-c4ccccc4)c4ccccc4c3)c3cc4c5ccccc5sc4c4ccccc34)cc12. The molecule has 0 aliphatic carbocycles. The van der Waals surface area contributed by atoms with Crippen molar-refractivity contribution in [2.75, 3.05) is 4.90 Å². The lowest BCUT2D eigenvalue weighted by Crippen LogP contribution is -2.11. The lowest BCUT2D eigenvalue weighted by molar-refractivity contribution is 0.667. The highest BCUT2D eigenvalue weighted by molar-refractivity contribution is 7.26. The molecule has 10 rings (SSSR count).